The minimum Gasteiger partial charge on any atom is -0.444 e. The van der Waals surface area contributed by atoms with Gasteiger partial charge in [-0.2, -0.15) is 0 Å². The summed E-state index contributed by atoms with van der Waals surface area (Å²) in [6.07, 6.45) is 3.32. The first-order valence-electron chi connectivity index (χ1n) is 13.6. The van der Waals surface area contributed by atoms with Crippen molar-refractivity contribution in [3.05, 3.63) is 71.8 Å². The van der Waals surface area contributed by atoms with Crippen LogP contribution in [0.15, 0.2) is 60.7 Å². The van der Waals surface area contributed by atoms with E-state index in [1.165, 1.54) is 0 Å². The number of nitrogens with two attached hydrogens (primary N) is 1. The fraction of sp³-hybridized carbons (Fsp3) is 0.387. The lowest BCUT2D eigenvalue weighted by molar-refractivity contribution is -0.123. The van der Waals surface area contributed by atoms with Gasteiger partial charge in [-0.15, -0.1) is 0 Å². The average molecular weight is 528 g/mol. The number of amidine groups is 1. The van der Waals surface area contributed by atoms with E-state index < -0.39 is 17.7 Å². The third-order valence-corrected chi connectivity index (χ3v) is 7.49. The number of nitrogens with one attached hydrogen (secondary N) is 3. The highest BCUT2D eigenvalue weighted by Gasteiger charge is 2.37. The Hall–Kier alpha value is -4.07. The zero-order valence-corrected chi connectivity index (χ0v) is 22.8. The molecule has 1 saturated carbocycles. The van der Waals surface area contributed by atoms with Crippen molar-refractivity contribution < 1.29 is 14.3 Å². The molecular weight excluding hydrogens is 490 g/mol. The lowest BCUT2D eigenvalue weighted by Crippen LogP contribution is -2.50. The molecule has 0 spiro atoms. The minimum absolute atomic E-state index is 0.000846. The third kappa shape index (κ3) is 6.00. The fourth-order valence-electron chi connectivity index (χ4n) is 5.60. The van der Waals surface area contributed by atoms with Gasteiger partial charge < -0.3 is 26.0 Å². The van der Waals surface area contributed by atoms with Crippen molar-refractivity contribution in [3.63, 3.8) is 0 Å². The fourth-order valence-corrected chi connectivity index (χ4v) is 5.60. The van der Waals surface area contributed by atoms with Gasteiger partial charge in [-0.25, -0.2) is 4.79 Å². The molecule has 0 saturated heterocycles. The smallest absolute Gasteiger partial charge is 0.407 e. The Kier molecular flexibility index (Phi) is 7.21. The van der Waals surface area contributed by atoms with E-state index in [9.17, 15) is 9.59 Å². The zero-order chi connectivity index (χ0) is 27.7. The van der Waals surface area contributed by atoms with Gasteiger partial charge >= 0.3 is 6.09 Å². The molecule has 0 bridgehead atoms. The quantitative estimate of drug-likeness (QED) is 0.271. The number of anilines is 2. The molecule has 1 aliphatic carbocycles. The molecule has 0 radical (unpaired) electrons. The van der Waals surface area contributed by atoms with Crippen LogP contribution in [0.1, 0.15) is 57.6 Å². The van der Waals surface area contributed by atoms with Crippen molar-refractivity contribution in [2.75, 3.05) is 4.90 Å². The number of hydrogen-bond donors (Lipinski definition) is 4. The van der Waals surface area contributed by atoms with Crippen LogP contribution in [0.5, 0.6) is 0 Å². The maximum Gasteiger partial charge on any atom is 0.407 e. The number of carbonyl (C=O) groups is 2. The van der Waals surface area contributed by atoms with Crippen molar-refractivity contribution in [1.29, 1.82) is 5.41 Å². The van der Waals surface area contributed by atoms with Gasteiger partial charge in [0.1, 0.15) is 17.5 Å². The van der Waals surface area contributed by atoms with Crippen LogP contribution in [-0.2, 0) is 16.0 Å². The average Bonchev–Trinajstić information content (AvgIpc) is 3.27. The third-order valence-electron chi connectivity index (χ3n) is 7.49. The molecular formula is C31H37N5O3. The van der Waals surface area contributed by atoms with Crippen LogP contribution >= 0.6 is 0 Å². The van der Waals surface area contributed by atoms with Gasteiger partial charge in [0, 0.05) is 35.4 Å². The second-order valence-electron chi connectivity index (χ2n) is 11.6. The summed E-state index contributed by atoms with van der Waals surface area (Å²) in [4.78, 5) is 28.0. The molecule has 8 nitrogen and oxygen atoms in total. The number of alkyl carbamates (subject to hydrolysis) is 1. The number of carbonyl (C=O) groups excluding carboxylic acids is 2. The highest BCUT2D eigenvalue weighted by Crippen LogP contribution is 2.40. The number of fused-ring (bicyclic) bond motifs is 2. The Labute approximate surface area is 229 Å². The number of benzene rings is 3. The summed E-state index contributed by atoms with van der Waals surface area (Å²) < 4.78 is 5.39. The van der Waals surface area contributed by atoms with Crippen molar-refractivity contribution >= 4 is 40.0 Å². The summed E-state index contributed by atoms with van der Waals surface area (Å²) in [5.41, 5.74) is 8.80. The van der Waals surface area contributed by atoms with Gasteiger partial charge in [0.2, 0.25) is 5.91 Å². The Balaban J connectivity index is 1.32. The molecule has 39 heavy (non-hydrogen) atoms. The number of rotatable bonds is 5. The monoisotopic (exact) mass is 527 g/mol. The molecule has 3 aromatic carbocycles. The highest BCUT2D eigenvalue weighted by atomic mass is 16.6. The van der Waals surface area contributed by atoms with Gasteiger partial charge in [-0.1, -0.05) is 42.5 Å². The van der Waals surface area contributed by atoms with Gasteiger partial charge in [0.15, 0.2) is 0 Å². The van der Waals surface area contributed by atoms with E-state index in [1.54, 1.807) is 0 Å². The standard InChI is InChI=1S/C31H37N5O3/c1-31(2,3)39-30(38)35-24-13-11-23(12-14-24)34-29(37)27-17-21-8-9-22(28(32)33)18-26(21)36(27)25-15-10-19-6-4-5-7-20(19)16-25/h4-10,15-16,18,23-24,27H,11-14,17H2,1-3H3,(H3,32,33)(H,34,37)(H,35,38)/t23-,24-,27?. The summed E-state index contributed by atoms with van der Waals surface area (Å²) in [6, 6.07) is 19.8. The van der Waals surface area contributed by atoms with Crippen LogP contribution < -0.4 is 21.3 Å². The minimum atomic E-state index is -0.532. The Morgan fingerprint density at radius 3 is 2.26 bits per heavy atom. The molecule has 5 N–H and O–H groups in total. The van der Waals surface area contributed by atoms with Crippen molar-refractivity contribution in [2.24, 2.45) is 5.73 Å². The second kappa shape index (κ2) is 10.6. The summed E-state index contributed by atoms with van der Waals surface area (Å²) in [5, 5.41) is 16.4. The van der Waals surface area contributed by atoms with E-state index in [2.05, 4.69) is 39.8 Å². The molecule has 3 aromatic rings. The van der Waals surface area contributed by atoms with Crippen LogP contribution in [0.4, 0.5) is 16.2 Å². The molecule has 1 fully saturated rings. The number of ether oxygens (including phenoxy) is 1. The maximum atomic E-state index is 13.8. The Morgan fingerprint density at radius 2 is 1.59 bits per heavy atom. The molecule has 1 heterocycles. The van der Waals surface area contributed by atoms with Gasteiger partial charge in [0.25, 0.3) is 0 Å². The summed E-state index contributed by atoms with van der Waals surface area (Å²) >= 11 is 0. The van der Waals surface area contributed by atoms with E-state index in [0.29, 0.717) is 12.0 Å². The van der Waals surface area contributed by atoms with Crippen LogP contribution in [0.2, 0.25) is 0 Å². The van der Waals surface area contributed by atoms with Gasteiger partial charge in [-0.3, -0.25) is 10.2 Å². The SMILES string of the molecule is CC(C)(C)OC(=O)N[C@H]1CC[C@H](NC(=O)C2Cc3ccc(C(=N)N)cc3N2c2ccc3ccccc3c2)CC1. The maximum absolute atomic E-state index is 13.8. The van der Waals surface area contributed by atoms with Crippen molar-refractivity contribution in [2.45, 2.75) is 76.6 Å². The number of nitrogens with zero attached hydrogens (tertiary/aromatic N) is 1. The number of hydrogen-bond acceptors (Lipinski definition) is 5. The highest BCUT2D eigenvalue weighted by molar-refractivity contribution is 5.99. The second-order valence-corrected chi connectivity index (χ2v) is 11.6. The van der Waals surface area contributed by atoms with Crippen LogP contribution in [0, 0.1) is 5.41 Å². The van der Waals surface area contributed by atoms with E-state index in [4.69, 9.17) is 15.9 Å². The number of amides is 2. The Bertz CT molecular complexity index is 1400. The van der Waals surface area contributed by atoms with Crippen LogP contribution in [0.3, 0.4) is 0 Å². The molecule has 1 unspecified atom stereocenters. The molecule has 204 valence electrons. The van der Waals surface area contributed by atoms with E-state index in [-0.39, 0.29) is 23.8 Å². The van der Waals surface area contributed by atoms with E-state index in [0.717, 1.165) is 53.4 Å². The predicted octanol–water partition coefficient (Wildman–Crippen LogP) is 5.14. The van der Waals surface area contributed by atoms with Crippen LogP contribution in [-0.4, -0.2) is 41.6 Å². The van der Waals surface area contributed by atoms with E-state index in [1.807, 2.05) is 57.2 Å². The lowest BCUT2D eigenvalue weighted by Gasteiger charge is -2.33. The van der Waals surface area contributed by atoms with Gasteiger partial charge in [0.05, 0.1) is 0 Å². The van der Waals surface area contributed by atoms with E-state index >= 15 is 0 Å². The van der Waals surface area contributed by atoms with Crippen molar-refractivity contribution in [3.8, 4) is 0 Å². The van der Waals surface area contributed by atoms with Gasteiger partial charge in [-0.05, 0) is 81.0 Å². The van der Waals surface area contributed by atoms with Crippen molar-refractivity contribution in [1.82, 2.24) is 10.6 Å². The molecule has 1 atom stereocenters. The molecule has 2 amide bonds. The van der Waals surface area contributed by atoms with Crippen LogP contribution in [0.25, 0.3) is 10.8 Å². The molecule has 2 aliphatic rings. The first-order valence-corrected chi connectivity index (χ1v) is 13.6. The molecule has 1 aliphatic heterocycles. The normalized spacial score (nSPS) is 20.8. The molecule has 8 heteroatoms. The Morgan fingerprint density at radius 1 is 0.923 bits per heavy atom. The molecule has 0 aromatic heterocycles. The lowest BCUT2D eigenvalue weighted by atomic mass is 9.91. The zero-order valence-electron chi connectivity index (χ0n) is 22.8. The summed E-state index contributed by atoms with van der Waals surface area (Å²) in [5.74, 6) is -0.0202. The number of nitrogen functional groups attached to an aromatic ring is 1. The predicted molar refractivity (Wildman–Crippen MR) is 155 cm³/mol. The largest absolute Gasteiger partial charge is 0.444 e. The topological polar surface area (TPSA) is 121 Å². The first kappa shape index (κ1) is 26.5. The summed E-state index contributed by atoms with van der Waals surface area (Å²) in [6.45, 7) is 5.55. The molecule has 5 rings (SSSR count). The first-order chi connectivity index (χ1) is 18.6. The summed E-state index contributed by atoms with van der Waals surface area (Å²) in [7, 11) is 0.